The lowest BCUT2D eigenvalue weighted by Crippen LogP contribution is -2.47. The maximum Gasteiger partial charge on any atom is 0.323 e. The lowest BCUT2D eigenvalue weighted by molar-refractivity contribution is -0.143. The van der Waals surface area contributed by atoms with E-state index in [9.17, 15) is 4.79 Å². The number of rotatable bonds is 7. The Morgan fingerprint density at radius 1 is 1.75 bits per heavy atom. The Kier molecular flexibility index (Phi) is 5.24. The van der Waals surface area contributed by atoms with Crippen LogP contribution in [0.25, 0.3) is 0 Å². The summed E-state index contributed by atoms with van der Waals surface area (Å²) in [6.07, 6.45) is 3.53. The van der Waals surface area contributed by atoms with Crippen LogP contribution >= 0.6 is 23.1 Å². The monoisotopic (exact) mass is 260 g/mol. The molecule has 1 aromatic heterocycles. The van der Waals surface area contributed by atoms with Gasteiger partial charge >= 0.3 is 5.97 Å². The highest BCUT2D eigenvalue weighted by molar-refractivity contribution is 8.00. The van der Waals surface area contributed by atoms with Gasteiger partial charge in [-0.3, -0.25) is 4.79 Å². The molecule has 0 bridgehead atoms. The fourth-order valence-electron chi connectivity index (χ4n) is 1.26. The second-order valence-electron chi connectivity index (χ2n) is 3.56. The minimum absolute atomic E-state index is 0.463. The zero-order valence-electron chi connectivity index (χ0n) is 9.18. The van der Waals surface area contributed by atoms with E-state index in [-0.39, 0.29) is 0 Å². The largest absolute Gasteiger partial charge is 0.480 e. The number of nitrogens with two attached hydrogens (primary N) is 1. The summed E-state index contributed by atoms with van der Waals surface area (Å²) in [6, 6.07) is 0. The Morgan fingerprint density at radius 2 is 2.50 bits per heavy atom. The summed E-state index contributed by atoms with van der Waals surface area (Å²) in [4.78, 5) is 15.1. The van der Waals surface area contributed by atoms with Crippen LogP contribution < -0.4 is 5.73 Å². The summed E-state index contributed by atoms with van der Waals surface area (Å²) in [7, 11) is 0. The zero-order valence-corrected chi connectivity index (χ0v) is 10.8. The number of aliphatic carboxylic acids is 1. The van der Waals surface area contributed by atoms with E-state index in [0.717, 1.165) is 16.5 Å². The summed E-state index contributed by atoms with van der Waals surface area (Å²) in [5.74, 6) is -0.0472. The van der Waals surface area contributed by atoms with Crippen LogP contribution in [0.1, 0.15) is 26.2 Å². The minimum Gasteiger partial charge on any atom is -0.480 e. The lowest BCUT2D eigenvalue weighted by atomic mass is 9.92. The van der Waals surface area contributed by atoms with E-state index >= 15 is 0 Å². The van der Waals surface area contributed by atoms with E-state index in [1.54, 1.807) is 29.3 Å². The summed E-state index contributed by atoms with van der Waals surface area (Å²) in [5.41, 5.74) is 4.71. The predicted octanol–water partition coefficient (Wildman–Crippen LogP) is 2.21. The molecule has 0 spiro atoms. The molecule has 0 fully saturated rings. The Bertz CT molecular complexity index is 330. The molecule has 1 heterocycles. The zero-order chi connectivity index (χ0) is 12.0. The molecule has 1 atom stereocenters. The molecule has 6 heteroatoms. The SMILES string of the molecule is CCC(N)(CCCSc1nccs1)C(=O)O. The van der Waals surface area contributed by atoms with Crippen molar-refractivity contribution in [1.29, 1.82) is 0 Å². The van der Waals surface area contributed by atoms with Gasteiger partial charge in [-0.25, -0.2) is 4.98 Å². The van der Waals surface area contributed by atoms with E-state index in [2.05, 4.69) is 4.98 Å². The highest BCUT2D eigenvalue weighted by Crippen LogP contribution is 2.23. The van der Waals surface area contributed by atoms with Gasteiger partial charge in [-0.2, -0.15) is 0 Å². The van der Waals surface area contributed by atoms with Crippen molar-refractivity contribution in [2.24, 2.45) is 5.73 Å². The summed E-state index contributed by atoms with van der Waals surface area (Å²) >= 11 is 3.25. The number of carboxylic acids is 1. The molecule has 1 unspecified atom stereocenters. The van der Waals surface area contributed by atoms with E-state index < -0.39 is 11.5 Å². The van der Waals surface area contributed by atoms with Crippen molar-refractivity contribution in [3.8, 4) is 0 Å². The number of aromatic nitrogens is 1. The second-order valence-corrected chi connectivity index (χ2v) is 5.80. The molecule has 0 saturated heterocycles. The van der Waals surface area contributed by atoms with Gasteiger partial charge in [-0.15, -0.1) is 11.3 Å². The molecule has 16 heavy (non-hydrogen) atoms. The number of nitrogens with zero attached hydrogens (tertiary/aromatic N) is 1. The Morgan fingerprint density at radius 3 is 3.00 bits per heavy atom. The van der Waals surface area contributed by atoms with Gasteiger partial charge in [0.15, 0.2) is 0 Å². The number of thioether (sulfide) groups is 1. The van der Waals surface area contributed by atoms with Gasteiger partial charge < -0.3 is 10.8 Å². The van der Waals surface area contributed by atoms with Crippen LogP contribution in [0.2, 0.25) is 0 Å². The molecule has 0 amide bonds. The molecule has 0 aliphatic heterocycles. The molecule has 3 N–H and O–H groups in total. The lowest BCUT2D eigenvalue weighted by Gasteiger charge is -2.22. The first kappa shape index (κ1) is 13.5. The van der Waals surface area contributed by atoms with Gasteiger partial charge in [0, 0.05) is 17.3 Å². The normalized spacial score (nSPS) is 14.6. The van der Waals surface area contributed by atoms with Crippen LogP contribution in [-0.4, -0.2) is 27.4 Å². The van der Waals surface area contributed by atoms with Crippen LogP contribution in [0, 0.1) is 0 Å². The van der Waals surface area contributed by atoms with Crippen molar-refractivity contribution >= 4 is 29.1 Å². The second kappa shape index (κ2) is 6.22. The standard InChI is InChI=1S/C10H16N2O2S2/c1-2-10(11,8(13)14)4-3-6-15-9-12-5-7-16-9/h5,7H,2-4,6,11H2,1H3,(H,13,14). The number of carboxylic acid groups (broad SMARTS) is 1. The molecule has 0 aliphatic carbocycles. The smallest absolute Gasteiger partial charge is 0.323 e. The van der Waals surface area contributed by atoms with Gasteiger partial charge in [0.25, 0.3) is 0 Å². The number of hydrogen-bond donors (Lipinski definition) is 2. The molecule has 90 valence electrons. The predicted molar refractivity (Wildman–Crippen MR) is 66.9 cm³/mol. The molecule has 0 radical (unpaired) electrons. The first-order valence-corrected chi connectivity index (χ1v) is 6.99. The fraction of sp³-hybridized carbons (Fsp3) is 0.600. The van der Waals surface area contributed by atoms with Gasteiger partial charge in [0.2, 0.25) is 0 Å². The molecule has 0 aromatic carbocycles. The topological polar surface area (TPSA) is 76.2 Å². The molecular formula is C10H16N2O2S2. The third-order valence-corrected chi connectivity index (χ3v) is 4.51. The minimum atomic E-state index is -1.07. The Hall–Kier alpha value is -0.590. The summed E-state index contributed by atoms with van der Waals surface area (Å²) in [6.45, 7) is 1.81. The highest BCUT2D eigenvalue weighted by atomic mass is 32.2. The average Bonchev–Trinajstić information content (AvgIpc) is 2.76. The van der Waals surface area contributed by atoms with Crippen LogP contribution in [0.15, 0.2) is 15.9 Å². The van der Waals surface area contributed by atoms with E-state index in [4.69, 9.17) is 10.8 Å². The van der Waals surface area contributed by atoms with Crippen LogP contribution in [0.5, 0.6) is 0 Å². The third kappa shape index (κ3) is 3.77. The van der Waals surface area contributed by atoms with Gasteiger partial charge in [0.05, 0.1) is 0 Å². The van der Waals surface area contributed by atoms with Crippen molar-refractivity contribution in [2.45, 2.75) is 36.1 Å². The summed E-state index contributed by atoms with van der Waals surface area (Å²) in [5, 5.41) is 10.9. The van der Waals surface area contributed by atoms with E-state index in [1.807, 2.05) is 12.3 Å². The molecule has 1 aromatic rings. The summed E-state index contributed by atoms with van der Waals surface area (Å²) < 4.78 is 1.02. The van der Waals surface area contributed by atoms with Gasteiger partial charge in [0.1, 0.15) is 9.88 Å². The Labute approximate surface area is 103 Å². The molecule has 4 nitrogen and oxygen atoms in total. The first-order chi connectivity index (χ1) is 7.58. The van der Waals surface area contributed by atoms with E-state index in [0.29, 0.717) is 12.8 Å². The number of carbonyl (C=O) groups is 1. The average molecular weight is 260 g/mol. The number of hydrogen-bond acceptors (Lipinski definition) is 5. The highest BCUT2D eigenvalue weighted by Gasteiger charge is 2.30. The van der Waals surface area contributed by atoms with Crippen molar-refractivity contribution in [2.75, 3.05) is 5.75 Å². The maximum atomic E-state index is 10.9. The molecular weight excluding hydrogens is 244 g/mol. The van der Waals surface area contributed by atoms with Crippen LogP contribution in [0.3, 0.4) is 0 Å². The molecule has 0 saturated carbocycles. The quantitative estimate of drug-likeness (QED) is 0.580. The molecule has 0 aliphatic rings. The van der Waals surface area contributed by atoms with Crippen LogP contribution in [-0.2, 0) is 4.79 Å². The molecule has 1 rings (SSSR count). The van der Waals surface area contributed by atoms with Gasteiger partial charge in [-0.05, 0) is 19.3 Å². The van der Waals surface area contributed by atoms with Crippen molar-refractivity contribution in [3.05, 3.63) is 11.6 Å². The third-order valence-electron chi connectivity index (χ3n) is 2.46. The fourth-order valence-corrected chi connectivity index (χ4v) is 2.91. The Balaban J connectivity index is 2.26. The van der Waals surface area contributed by atoms with E-state index in [1.165, 1.54) is 0 Å². The van der Waals surface area contributed by atoms with Crippen molar-refractivity contribution < 1.29 is 9.90 Å². The van der Waals surface area contributed by atoms with Crippen molar-refractivity contribution in [3.63, 3.8) is 0 Å². The first-order valence-electron chi connectivity index (χ1n) is 5.13. The van der Waals surface area contributed by atoms with Crippen LogP contribution in [0.4, 0.5) is 0 Å². The maximum absolute atomic E-state index is 10.9. The number of thiazole rings is 1. The van der Waals surface area contributed by atoms with Crippen molar-refractivity contribution in [1.82, 2.24) is 4.98 Å². The van der Waals surface area contributed by atoms with Gasteiger partial charge in [-0.1, -0.05) is 18.7 Å².